The Labute approximate surface area is 167 Å². The van der Waals surface area contributed by atoms with E-state index in [1.807, 2.05) is 0 Å². The topological polar surface area (TPSA) is 93.2 Å². The van der Waals surface area contributed by atoms with Crippen molar-refractivity contribution in [2.45, 2.75) is 13.5 Å². The molecule has 0 atom stereocenters. The predicted octanol–water partition coefficient (Wildman–Crippen LogP) is 3.66. The van der Waals surface area contributed by atoms with E-state index in [1.54, 1.807) is 49.4 Å². The fraction of sp³-hybridized carbons (Fsp3) is 0.143. The highest BCUT2D eigenvalue weighted by Crippen LogP contribution is 2.14. The fourth-order valence-corrected chi connectivity index (χ4v) is 2.50. The van der Waals surface area contributed by atoms with Crippen molar-refractivity contribution < 1.29 is 18.7 Å². The van der Waals surface area contributed by atoms with Crippen LogP contribution in [0.15, 0.2) is 60.9 Å². The summed E-state index contributed by atoms with van der Waals surface area (Å²) in [7, 11) is 0. The third kappa shape index (κ3) is 5.35. The normalized spacial score (nSPS) is 10.3. The minimum atomic E-state index is -0.440. The molecule has 0 fully saturated rings. The molecule has 3 rings (SSSR count). The summed E-state index contributed by atoms with van der Waals surface area (Å²) in [5.41, 5.74) is 1.53. The molecule has 0 unspecified atom stereocenters. The lowest BCUT2D eigenvalue weighted by Crippen LogP contribution is -2.15. The lowest BCUT2D eigenvalue weighted by atomic mass is 10.2. The molecule has 7 nitrogen and oxygen atoms in total. The maximum absolute atomic E-state index is 13.7. The SMILES string of the molecule is CCOC(=O)c1ccc(NC(=O)c2cc(NCc3ccccc3F)ncn2)cc1. The number of halogens is 1. The molecule has 0 aliphatic heterocycles. The minimum Gasteiger partial charge on any atom is -0.462 e. The van der Waals surface area contributed by atoms with E-state index in [1.165, 1.54) is 18.5 Å². The Balaban J connectivity index is 1.63. The first-order valence-corrected chi connectivity index (χ1v) is 8.94. The highest BCUT2D eigenvalue weighted by Gasteiger charge is 2.11. The summed E-state index contributed by atoms with van der Waals surface area (Å²) in [5, 5.41) is 5.67. The fourth-order valence-electron chi connectivity index (χ4n) is 2.50. The third-order valence-corrected chi connectivity index (χ3v) is 3.97. The highest BCUT2D eigenvalue weighted by atomic mass is 19.1. The number of carbonyl (C=O) groups is 2. The van der Waals surface area contributed by atoms with E-state index >= 15 is 0 Å². The summed E-state index contributed by atoms with van der Waals surface area (Å²) in [6.45, 7) is 2.24. The van der Waals surface area contributed by atoms with Crippen LogP contribution >= 0.6 is 0 Å². The molecular weight excluding hydrogens is 375 g/mol. The van der Waals surface area contributed by atoms with Gasteiger partial charge in [-0.05, 0) is 37.3 Å². The Kier molecular flexibility index (Phi) is 6.47. The molecule has 0 spiro atoms. The molecule has 0 bridgehead atoms. The summed E-state index contributed by atoms with van der Waals surface area (Å²) >= 11 is 0. The molecule has 0 saturated carbocycles. The van der Waals surface area contributed by atoms with Crippen molar-refractivity contribution in [3.63, 3.8) is 0 Å². The van der Waals surface area contributed by atoms with Crippen LogP contribution in [0.4, 0.5) is 15.9 Å². The van der Waals surface area contributed by atoms with Crippen molar-refractivity contribution in [3.8, 4) is 0 Å². The molecule has 8 heteroatoms. The zero-order valence-electron chi connectivity index (χ0n) is 15.7. The van der Waals surface area contributed by atoms with E-state index in [9.17, 15) is 14.0 Å². The first-order chi connectivity index (χ1) is 14.1. The zero-order valence-corrected chi connectivity index (χ0v) is 15.7. The first kappa shape index (κ1) is 19.9. The maximum atomic E-state index is 13.7. The number of rotatable bonds is 7. The number of esters is 1. The van der Waals surface area contributed by atoms with Crippen LogP contribution in [0.1, 0.15) is 33.3 Å². The number of nitrogens with one attached hydrogen (secondary N) is 2. The van der Waals surface area contributed by atoms with Gasteiger partial charge < -0.3 is 15.4 Å². The molecule has 0 saturated heterocycles. The van der Waals surface area contributed by atoms with Crippen LogP contribution in [0.2, 0.25) is 0 Å². The molecule has 0 aliphatic carbocycles. The molecule has 148 valence electrons. The van der Waals surface area contributed by atoms with Gasteiger partial charge in [0.25, 0.3) is 5.91 Å². The van der Waals surface area contributed by atoms with Gasteiger partial charge in [0, 0.05) is 23.9 Å². The van der Waals surface area contributed by atoms with Gasteiger partial charge in [0.15, 0.2) is 0 Å². The van der Waals surface area contributed by atoms with Gasteiger partial charge in [-0.15, -0.1) is 0 Å². The van der Waals surface area contributed by atoms with Crippen LogP contribution < -0.4 is 10.6 Å². The van der Waals surface area contributed by atoms with Crippen LogP contribution in [0.25, 0.3) is 0 Å². The van der Waals surface area contributed by atoms with Crippen LogP contribution in [0, 0.1) is 5.82 Å². The molecule has 29 heavy (non-hydrogen) atoms. The Hall–Kier alpha value is -3.81. The van der Waals surface area contributed by atoms with Crippen molar-refractivity contribution in [3.05, 3.63) is 83.6 Å². The Morgan fingerprint density at radius 1 is 1.07 bits per heavy atom. The molecule has 0 radical (unpaired) electrons. The summed E-state index contributed by atoms with van der Waals surface area (Å²) < 4.78 is 18.6. The van der Waals surface area contributed by atoms with Gasteiger partial charge in [-0.25, -0.2) is 19.2 Å². The maximum Gasteiger partial charge on any atom is 0.338 e. The number of amides is 1. The van der Waals surface area contributed by atoms with E-state index < -0.39 is 11.9 Å². The largest absolute Gasteiger partial charge is 0.462 e. The zero-order chi connectivity index (χ0) is 20.6. The van der Waals surface area contributed by atoms with Crippen LogP contribution in [-0.2, 0) is 11.3 Å². The smallest absolute Gasteiger partial charge is 0.338 e. The molecule has 2 N–H and O–H groups in total. The van der Waals surface area contributed by atoms with Gasteiger partial charge in [-0.1, -0.05) is 18.2 Å². The van der Waals surface area contributed by atoms with E-state index in [0.717, 1.165) is 0 Å². The van der Waals surface area contributed by atoms with E-state index in [4.69, 9.17) is 4.74 Å². The van der Waals surface area contributed by atoms with E-state index in [-0.39, 0.29) is 24.7 Å². The van der Waals surface area contributed by atoms with Gasteiger partial charge in [-0.2, -0.15) is 0 Å². The average Bonchev–Trinajstić information content (AvgIpc) is 2.74. The van der Waals surface area contributed by atoms with E-state index in [2.05, 4.69) is 20.6 Å². The molecule has 2 aromatic carbocycles. The summed E-state index contributed by atoms with van der Waals surface area (Å²) in [5.74, 6) is -0.790. The van der Waals surface area contributed by atoms with Crippen molar-refractivity contribution >= 4 is 23.4 Å². The standard InChI is InChI=1S/C21H19FN4O3/c1-2-29-21(28)14-7-9-16(10-8-14)26-20(27)18-11-19(25-13-24-18)23-12-15-5-3-4-6-17(15)22/h3-11,13H,2,12H2,1H3,(H,26,27)(H,23,24,25). The molecule has 0 aliphatic rings. The minimum absolute atomic E-state index is 0.144. The average molecular weight is 394 g/mol. The number of carbonyl (C=O) groups excluding carboxylic acids is 2. The molecular formula is C21H19FN4O3. The molecule has 1 heterocycles. The number of benzene rings is 2. The number of ether oxygens (including phenoxy) is 1. The van der Waals surface area contributed by atoms with Gasteiger partial charge in [0.2, 0.25) is 0 Å². The summed E-state index contributed by atoms with van der Waals surface area (Å²) in [4.78, 5) is 32.1. The van der Waals surface area contributed by atoms with Crippen molar-refractivity contribution in [2.75, 3.05) is 17.2 Å². The number of aromatic nitrogens is 2. The van der Waals surface area contributed by atoms with Gasteiger partial charge >= 0.3 is 5.97 Å². The Bertz CT molecular complexity index is 1010. The number of hydrogen-bond donors (Lipinski definition) is 2. The van der Waals surface area contributed by atoms with Gasteiger partial charge in [0.05, 0.1) is 12.2 Å². The lowest BCUT2D eigenvalue weighted by molar-refractivity contribution is 0.0526. The van der Waals surface area contributed by atoms with Crippen molar-refractivity contribution in [2.24, 2.45) is 0 Å². The number of hydrogen-bond acceptors (Lipinski definition) is 6. The number of nitrogens with zero attached hydrogens (tertiary/aromatic N) is 2. The third-order valence-electron chi connectivity index (χ3n) is 3.97. The first-order valence-electron chi connectivity index (χ1n) is 8.94. The lowest BCUT2D eigenvalue weighted by Gasteiger charge is -2.09. The number of anilines is 2. The second-order valence-corrected chi connectivity index (χ2v) is 5.99. The molecule has 3 aromatic rings. The summed E-state index contributed by atoms with van der Waals surface area (Å²) in [6.07, 6.45) is 1.25. The quantitative estimate of drug-likeness (QED) is 0.594. The van der Waals surface area contributed by atoms with Crippen LogP contribution in [-0.4, -0.2) is 28.5 Å². The van der Waals surface area contributed by atoms with Crippen LogP contribution in [0.3, 0.4) is 0 Å². The Morgan fingerprint density at radius 2 is 1.83 bits per heavy atom. The van der Waals surface area contributed by atoms with Crippen LogP contribution in [0.5, 0.6) is 0 Å². The Morgan fingerprint density at radius 3 is 2.55 bits per heavy atom. The van der Waals surface area contributed by atoms with E-state index in [0.29, 0.717) is 22.6 Å². The molecule has 1 aromatic heterocycles. The van der Waals surface area contributed by atoms with Gasteiger partial charge in [-0.3, -0.25) is 4.79 Å². The van der Waals surface area contributed by atoms with Crippen molar-refractivity contribution in [1.29, 1.82) is 0 Å². The second-order valence-electron chi connectivity index (χ2n) is 5.99. The highest BCUT2D eigenvalue weighted by molar-refractivity contribution is 6.03. The monoisotopic (exact) mass is 394 g/mol. The van der Waals surface area contributed by atoms with Crippen molar-refractivity contribution in [1.82, 2.24) is 9.97 Å². The van der Waals surface area contributed by atoms with Gasteiger partial charge in [0.1, 0.15) is 23.7 Å². The molecule has 1 amide bonds. The summed E-state index contributed by atoms with van der Waals surface area (Å²) in [6, 6.07) is 14.2. The second kappa shape index (κ2) is 9.41. The predicted molar refractivity (Wildman–Crippen MR) is 106 cm³/mol.